The molecule has 0 aliphatic heterocycles. The van der Waals surface area contributed by atoms with E-state index < -0.39 is 40.8 Å². The third-order valence-electron chi connectivity index (χ3n) is 3.93. The highest BCUT2D eigenvalue weighted by Crippen LogP contribution is 2.38. The van der Waals surface area contributed by atoms with Crippen LogP contribution in [0.4, 0.5) is 26.3 Å². The lowest BCUT2D eigenvalue weighted by atomic mass is 10.0. The quantitative estimate of drug-likeness (QED) is 0.352. The molecule has 1 amide bonds. The molecule has 3 rings (SSSR count). The summed E-state index contributed by atoms with van der Waals surface area (Å²) >= 11 is 5.93. The van der Waals surface area contributed by atoms with Gasteiger partial charge in [0.2, 0.25) is 0 Å². The van der Waals surface area contributed by atoms with E-state index in [1.165, 1.54) is 18.3 Å². The minimum absolute atomic E-state index is 0.00398. The van der Waals surface area contributed by atoms with Gasteiger partial charge in [-0.2, -0.15) is 26.3 Å². The molecule has 0 spiro atoms. The van der Waals surface area contributed by atoms with Crippen molar-refractivity contribution in [3.05, 3.63) is 64.7 Å². The van der Waals surface area contributed by atoms with Crippen LogP contribution in [0.25, 0.3) is 23.2 Å². The van der Waals surface area contributed by atoms with Gasteiger partial charge in [0.1, 0.15) is 11.5 Å². The third-order valence-corrected chi connectivity index (χ3v) is 4.23. The lowest BCUT2D eigenvalue weighted by molar-refractivity contribution is -0.143. The van der Waals surface area contributed by atoms with Crippen molar-refractivity contribution in [1.29, 1.82) is 0 Å². The molecule has 162 valence electrons. The van der Waals surface area contributed by atoms with Crippen molar-refractivity contribution in [3.8, 4) is 11.4 Å². The highest BCUT2D eigenvalue weighted by Gasteiger charge is 2.37. The molecule has 0 saturated heterocycles. The maximum absolute atomic E-state index is 13.1. The molecule has 0 unspecified atom stereocenters. The number of primary amides is 1. The molecule has 1 aromatic carbocycles. The van der Waals surface area contributed by atoms with Crippen LogP contribution in [-0.4, -0.2) is 25.7 Å². The molecule has 0 atom stereocenters. The molecule has 2 aromatic heterocycles. The van der Waals surface area contributed by atoms with Crippen molar-refractivity contribution < 1.29 is 31.1 Å². The summed E-state index contributed by atoms with van der Waals surface area (Å²) in [7, 11) is 0. The van der Waals surface area contributed by atoms with Crippen LogP contribution in [-0.2, 0) is 17.1 Å². The number of rotatable bonds is 4. The SMILES string of the molecule is NC(=O)/C(=C/n1cnc(-c2cc(C(F)(F)F)cc(C(F)(F)F)c2)n1)c1cccnc1Cl. The Labute approximate surface area is 175 Å². The van der Waals surface area contributed by atoms with E-state index in [1.54, 1.807) is 0 Å². The highest BCUT2D eigenvalue weighted by molar-refractivity contribution is 6.34. The van der Waals surface area contributed by atoms with Crippen LogP contribution >= 0.6 is 11.6 Å². The Morgan fingerprint density at radius 2 is 1.65 bits per heavy atom. The average Bonchev–Trinajstić information content (AvgIpc) is 3.14. The Balaban J connectivity index is 2.08. The van der Waals surface area contributed by atoms with E-state index >= 15 is 0 Å². The molecule has 0 aliphatic carbocycles. The monoisotopic (exact) mass is 461 g/mol. The van der Waals surface area contributed by atoms with Crippen molar-refractivity contribution in [3.63, 3.8) is 0 Å². The molecule has 13 heteroatoms. The average molecular weight is 462 g/mol. The second-order valence-corrected chi connectivity index (χ2v) is 6.45. The number of nitrogens with zero attached hydrogens (tertiary/aromatic N) is 4. The van der Waals surface area contributed by atoms with Crippen molar-refractivity contribution in [2.24, 2.45) is 5.73 Å². The minimum Gasteiger partial charge on any atom is -0.366 e. The zero-order valence-corrected chi connectivity index (χ0v) is 15.8. The molecular weight excluding hydrogens is 452 g/mol. The predicted molar refractivity (Wildman–Crippen MR) is 98.1 cm³/mol. The van der Waals surface area contributed by atoms with E-state index in [0.29, 0.717) is 12.1 Å². The molecule has 0 aliphatic rings. The first-order valence-electron chi connectivity index (χ1n) is 8.20. The number of amides is 1. The fourth-order valence-corrected chi connectivity index (χ4v) is 2.76. The molecular formula is C18H10ClF6N5O. The lowest BCUT2D eigenvalue weighted by Gasteiger charge is -2.13. The molecule has 0 fully saturated rings. The molecule has 0 saturated carbocycles. The molecule has 0 radical (unpaired) electrons. The fraction of sp³-hybridized carbons (Fsp3) is 0.111. The predicted octanol–water partition coefficient (Wildman–Crippen LogP) is 4.51. The van der Waals surface area contributed by atoms with Gasteiger partial charge in [-0.05, 0) is 30.3 Å². The number of benzene rings is 1. The van der Waals surface area contributed by atoms with Crippen LogP contribution in [0.5, 0.6) is 0 Å². The Bertz CT molecular complexity index is 1140. The van der Waals surface area contributed by atoms with Gasteiger partial charge in [-0.25, -0.2) is 14.6 Å². The third kappa shape index (κ3) is 5.02. The largest absolute Gasteiger partial charge is 0.416 e. The molecule has 31 heavy (non-hydrogen) atoms. The van der Waals surface area contributed by atoms with E-state index in [9.17, 15) is 31.1 Å². The van der Waals surface area contributed by atoms with Crippen LogP contribution < -0.4 is 5.73 Å². The summed E-state index contributed by atoms with van der Waals surface area (Å²) in [5.74, 6) is -1.36. The van der Waals surface area contributed by atoms with Gasteiger partial charge in [0, 0.05) is 23.5 Å². The number of halogens is 7. The normalized spacial score (nSPS) is 12.8. The highest BCUT2D eigenvalue weighted by atomic mass is 35.5. The van der Waals surface area contributed by atoms with Crippen molar-refractivity contribution in [2.45, 2.75) is 12.4 Å². The maximum atomic E-state index is 13.1. The number of carbonyl (C=O) groups is 1. The summed E-state index contributed by atoms with van der Waals surface area (Å²) in [6.07, 6.45) is -6.62. The first-order valence-corrected chi connectivity index (χ1v) is 8.57. The summed E-state index contributed by atoms with van der Waals surface area (Å²) in [5, 5.41) is 3.77. The van der Waals surface area contributed by atoms with Gasteiger partial charge in [0.15, 0.2) is 5.82 Å². The smallest absolute Gasteiger partial charge is 0.366 e. The second kappa shape index (κ2) is 8.02. The van der Waals surface area contributed by atoms with Gasteiger partial charge >= 0.3 is 12.4 Å². The topological polar surface area (TPSA) is 86.7 Å². The van der Waals surface area contributed by atoms with Crippen LogP contribution in [0.3, 0.4) is 0 Å². The van der Waals surface area contributed by atoms with Crippen LogP contribution in [0.2, 0.25) is 5.15 Å². The first kappa shape index (κ1) is 22.3. The zero-order chi connectivity index (χ0) is 23.0. The van der Waals surface area contributed by atoms with Gasteiger partial charge in [-0.15, -0.1) is 5.10 Å². The Kier molecular flexibility index (Phi) is 5.77. The number of alkyl halides is 6. The van der Waals surface area contributed by atoms with Gasteiger partial charge in [-0.1, -0.05) is 11.6 Å². The standard InChI is InChI=1S/C18H10ClF6N5O/c19-14-12(2-1-3-27-14)13(15(26)31)7-30-8-28-16(29-30)9-4-10(17(20,21)22)6-11(5-9)18(23,24)25/h1-8H,(H2,26,31)/b13-7+. The Morgan fingerprint density at radius 3 is 2.16 bits per heavy atom. The van der Waals surface area contributed by atoms with E-state index in [0.717, 1.165) is 17.2 Å². The van der Waals surface area contributed by atoms with Gasteiger partial charge in [-0.3, -0.25) is 4.79 Å². The van der Waals surface area contributed by atoms with Gasteiger partial charge < -0.3 is 5.73 Å². The number of aromatic nitrogens is 4. The van der Waals surface area contributed by atoms with E-state index in [4.69, 9.17) is 17.3 Å². The van der Waals surface area contributed by atoms with Crippen LogP contribution in [0.15, 0.2) is 42.9 Å². The molecule has 6 nitrogen and oxygen atoms in total. The maximum Gasteiger partial charge on any atom is 0.416 e. The van der Waals surface area contributed by atoms with E-state index in [1.807, 2.05) is 0 Å². The van der Waals surface area contributed by atoms with Crippen molar-refractivity contribution >= 4 is 29.3 Å². The van der Waals surface area contributed by atoms with E-state index in [2.05, 4.69) is 15.1 Å². The van der Waals surface area contributed by atoms with Crippen LogP contribution in [0.1, 0.15) is 16.7 Å². The number of hydrogen-bond acceptors (Lipinski definition) is 4. The minimum atomic E-state index is -5.02. The molecule has 2 N–H and O–H groups in total. The van der Waals surface area contributed by atoms with Crippen molar-refractivity contribution in [1.82, 2.24) is 19.7 Å². The van der Waals surface area contributed by atoms with Gasteiger partial charge in [0.05, 0.1) is 16.7 Å². The summed E-state index contributed by atoms with van der Waals surface area (Å²) in [4.78, 5) is 19.3. The summed E-state index contributed by atoms with van der Waals surface area (Å²) < 4.78 is 79.2. The number of hydrogen-bond donors (Lipinski definition) is 1. The fourth-order valence-electron chi connectivity index (χ4n) is 2.54. The van der Waals surface area contributed by atoms with Gasteiger partial charge in [0.25, 0.3) is 5.91 Å². The molecule has 3 aromatic rings. The molecule has 2 heterocycles. The zero-order valence-electron chi connectivity index (χ0n) is 15.0. The summed E-state index contributed by atoms with van der Waals surface area (Å²) in [5.41, 5.74) is 1.78. The Morgan fingerprint density at radius 1 is 1.03 bits per heavy atom. The summed E-state index contributed by atoms with van der Waals surface area (Å²) in [6, 6.07) is 3.89. The van der Waals surface area contributed by atoms with E-state index in [-0.39, 0.29) is 22.4 Å². The molecule has 0 bridgehead atoms. The Hall–Kier alpha value is -3.41. The summed E-state index contributed by atoms with van der Waals surface area (Å²) in [6.45, 7) is 0. The van der Waals surface area contributed by atoms with Crippen LogP contribution in [0, 0.1) is 0 Å². The first-order chi connectivity index (χ1) is 14.4. The lowest BCUT2D eigenvalue weighted by Crippen LogP contribution is -2.14. The van der Waals surface area contributed by atoms with Crippen molar-refractivity contribution in [2.75, 3.05) is 0 Å². The second-order valence-electron chi connectivity index (χ2n) is 6.09. The number of carbonyl (C=O) groups excluding carboxylic acids is 1. The number of pyridine rings is 1. The number of nitrogens with two attached hydrogens (primary N) is 1.